The molecule has 1 fully saturated rings. The van der Waals surface area contributed by atoms with Crippen LogP contribution >= 0.6 is 0 Å². The quantitative estimate of drug-likeness (QED) is 0.626. The first-order chi connectivity index (χ1) is 11.8. The van der Waals surface area contributed by atoms with Gasteiger partial charge >= 0.3 is 0 Å². The summed E-state index contributed by atoms with van der Waals surface area (Å²) >= 11 is 0. The summed E-state index contributed by atoms with van der Waals surface area (Å²) < 4.78 is 0. The second kappa shape index (κ2) is 6.99. The summed E-state index contributed by atoms with van der Waals surface area (Å²) in [6.07, 6.45) is 12.5. The molecule has 0 bridgehead atoms. The Bertz CT molecular complexity index is 731. The van der Waals surface area contributed by atoms with E-state index in [0.29, 0.717) is 18.1 Å². The number of benzene rings is 1. The summed E-state index contributed by atoms with van der Waals surface area (Å²) in [7, 11) is 0. The van der Waals surface area contributed by atoms with Gasteiger partial charge in [0.1, 0.15) is 0 Å². The Hall–Kier alpha value is -1.78. The molecular formula is C20H28N4. The van der Waals surface area contributed by atoms with Gasteiger partial charge in [-0.1, -0.05) is 18.2 Å². The lowest BCUT2D eigenvalue weighted by Crippen LogP contribution is -2.41. The van der Waals surface area contributed by atoms with E-state index in [1.54, 1.807) is 0 Å². The number of rotatable bonds is 3. The summed E-state index contributed by atoms with van der Waals surface area (Å²) in [4.78, 5) is 0. The van der Waals surface area contributed by atoms with E-state index in [9.17, 15) is 0 Å². The Morgan fingerprint density at radius 2 is 2.04 bits per heavy atom. The fourth-order valence-corrected chi connectivity index (χ4v) is 3.96. The summed E-state index contributed by atoms with van der Waals surface area (Å²) in [5, 5.41) is 17.0. The monoisotopic (exact) mass is 324 g/mol. The van der Waals surface area contributed by atoms with Crippen molar-refractivity contribution in [1.82, 2.24) is 16.0 Å². The maximum Gasteiger partial charge on any atom is 0.0439 e. The minimum absolute atomic E-state index is 0.409. The Kier molecular flexibility index (Phi) is 4.58. The summed E-state index contributed by atoms with van der Waals surface area (Å²) in [5.41, 5.74) is 2.68. The first kappa shape index (κ1) is 15.7. The Labute approximate surface area is 144 Å². The molecule has 4 rings (SSSR count). The molecule has 3 heterocycles. The lowest BCUT2D eigenvalue weighted by atomic mass is 9.96. The van der Waals surface area contributed by atoms with Crippen LogP contribution in [0.2, 0.25) is 0 Å². The number of hydrogen-bond donors (Lipinski definition) is 4. The van der Waals surface area contributed by atoms with Crippen LogP contribution in [0, 0.1) is 0 Å². The van der Waals surface area contributed by atoms with Crippen molar-refractivity contribution in [1.29, 1.82) is 0 Å². The smallest absolute Gasteiger partial charge is 0.0439 e. The van der Waals surface area contributed by atoms with Crippen LogP contribution in [0.15, 0.2) is 24.3 Å². The minimum Gasteiger partial charge on any atom is -0.387 e. The molecule has 1 saturated heterocycles. The van der Waals surface area contributed by atoms with E-state index in [4.69, 9.17) is 0 Å². The second-order valence-corrected chi connectivity index (χ2v) is 7.17. The van der Waals surface area contributed by atoms with Gasteiger partial charge in [0.25, 0.3) is 0 Å². The SMILES string of the molecule is CC1C=CCC(c2cc(NC3CCNCC3)c3c(c2)=CCNC=3)N1. The highest BCUT2D eigenvalue weighted by Gasteiger charge is 2.19. The van der Waals surface area contributed by atoms with Crippen LogP contribution in [0.25, 0.3) is 12.3 Å². The maximum atomic E-state index is 3.82. The van der Waals surface area contributed by atoms with E-state index in [1.807, 2.05) is 0 Å². The zero-order valence-corrected chi connectivity index (χ0v) is 14.4. The molecule has 0 aromatic heterocycles. The molecule has 3 aliphatic rings. The van der Waals surface area contributed by atoms with Crippen molar-refractivity contribution in [2.24, 2.45) is 0 Å². The van der Waals surface area contributed by atoms with E-state index in [2.05, 4.69) is 64.8 Å². The van der Waals surface area contributed by atoms with Crippen LogP contribution in [-0.2, 0) is 0 Å². The van der Waals surface area contributed by atoms with Crippen LogP contribution in [0.4, 0.5) is 5.69 Å². The van der Waals surface area contributed by atoms with E-state index in [1.165, 1.54) is 34.5 Å². The summed E-state index contributed by atoms with van der Waals surface area (Å²) in [5.74, 6) is 0. The lowest BCUT2D eigenvalue weighted by Gasteiger charge is -2.28. The molecule has 0 radical (unpaired) electrons. The van der Waals surface area contributed by atoms with Crippen LogP contribution in [0.5, 0.6) is 0 Å². The van der Waals surface area contributed by atoms with Gasteiger partial charge in [0.2, 0.25) is 0 Å². The van der Waals surface area contributed by atoms with Gasteiger partial charge in [0, 0.05) is 41.8 Å². The van der Waals surface area contributed by atoms with E-state index >= 15 is 0 Å². The van der Waals surface area contributed by atoms with Crippen molar-refractivity contribution in [2.75, 3.05) is 25.0 Å². The maximum absolute atomic E-state index is 3.82. The van der Waals surface area contributed by atoms with Gasteiger partial charge in [-0.2, -0.15) is 0 Å². The van der Waals surface area contributed by atoms with E-state index < -0.39 is 0 Å². The standard InChI is InChI=1S/C20H28N4/c1-14-3-2-4-19(23-14)16-11-15-5-8-22-13-18(15)20(12-16)24-17-6-9-21-10-7-17/h2-3,5,11-14,17,19,21-24H,4,6-10H2,1H3. The van der Waals surface area contributed by atoms with E-state index in [-0.39, 0.29) is 0 Å². The fraction of sp³-hybridized carbons (Fsp3) is 0.500. The van der Waals surface area contributed by atoms with E-state index in [0.717, 1.165) is 26.1 Å². The fourth-order valence-electron chi connectivity index (χ4n) is 3.96. The number of nitrogens with one attached hydrogen (secondary N) is 4. The molecule has 1 aromatic carbocycles. The minimum atomic E-state index is 0.409. The van der Waals surface area contributed by atoms with Crippen molar-refractivity contribution in [3.63, 3.8) is 0 Å². The summed E-state index contributed by atoms with van der Waals surface area (Å²) in [6.45, 7) is 5.36. The largest absolute Gasteiger partial charge is 0.387 e. The topological polar surface area (TPSA) is 48.1 Å². The van der Waals surface area contributed by atoms with Crippen LogP contribution in [0.1, 0.15) is 37.8 Å². The van der Waals surface area contributed by atoms with Gasteiger partial charge in [-0.3, -0.25) is 0 Å². The average Bonchev–Trinajstić information content (AvgIpc) is 2.62. The highest BCUT2D eigenvalue weighted by molar-refractivity contribution is 5.56. The zero-order chi connectivity index (χ0) is 16.4. The van der Waals surface area contributed by atoms with Gasteiger partial charge in [-0.05, 0) is 62.2 Å². The van der Waals surface area contributed by atoms with Gasteiger partial charge in [-0.15, -0.1) is 0 Å². The molecule has 4 N–H and O–H groups in total. The lowest BCUT2D eigenvalue weighted by molar-refractivity contribution is 0.477. The molecule has 1 aromatic rings. The average molecular weight is 324 g/mol. The molecule has 0 amide bonds. The van der Waals surface area contributed by atoms with Crippen molar-refractivity contribution < 1.29 is 0 Å². The zero-order valence-electron chi connectivity index (χ0n) is 14.4. The molecule has 128 valence electrons. The summed E-state index contributed by atoms with van der Waals surface area (Å²) in [6, 6.07) is 6.15. The normalized spacial score (nSPS) is 26.7. The first-order valence-electron chi connectivity index (χ1n) is 9.27. The number of hydrogen-bond acceptors (Lipinski definition) is 4. The molecule has 0 spiro atoms. The molecular weight excluding hydrogens is 296 g/mol. The molecule has 2 unspecified atom stereocenters. The molecule has 2 atom stereocenters. The highest BCUT2D eigenvalue weighted by Crippen LogP contribution is 2.22. The van der Waals surface area contributed by atoms with Gasteiger partial charge in [0.15, 0.2) is 0 Å². The van der Waals surface area contributed by atoms with Crippen LogP contribution < -0.4 is 31.7 Å². The number of piperidine rings is 1. The van der Waals surface area contributed by atoms with Crippen LogP contribution in [-0.4, -0.2) is 31.7 Å². The highest BCUT2D eigenvalue weighted by atomic mass is 15.0. The molecule has 4 nitrogen and oxygen atoms in total. The molecule has 0 aliphatic carbocycles. The third-order valence-corrected chi connectivity index (χ3v) is 5.28. The van der Waals surface area contributed by atoms with Crippen molar-refractivity contribution >= 4 is 18.0 Å². The predicted molar refractivity (Wildman–Crippen MR) is 101 cm³/mol. The molecule has 4 heteroatoms. The van der Waals surface area contributed by atoms with Crippen molar-refractivity contribution in [2.45, 2.75) is 44.3 Å². The van der Waals surface area contributed by atoms with Crippen molar-refractivity contribution in [3.05, 3.63) is 40.3 Å². The van der Waals surface area contributed by atoms with Crippen molar-refractivity contribution in [3.8, 4) is 0 Å². The Morgan fingerprint density at radius 3 is 2.88 bits per heavy atom. The van der Waals surface area contributed by atoms with Gasteiger partial charge in [-0.25, -0.2) is 0 Å². The number of fused-ring (bicyclic) bond motifs is 1. The third kappa shape index (κ3) is 3.35. The third-order valence-electron chi connectivity index (χ3n) is 5.28. The number of anilines is 1. The Balaban J connectivity index is 1.69. The molecule has 24 heavy (non-hydrogen) atoms. The predicted octanol–water partition coefficient (Wildman–Crippen LogP) is 0.951. The molecule has 0 saturated carbocycles. The Morgan fingerprint density at radius 1 is 1.17 bits per heavy atom. The second-order valence-electron chi connectivity index (χ2n) is 7.17. The van der Waals surface area contributed by atoms with Gasteiger partial charge < -0.3 is 21.3 Å². The first-order valence-corrected chi connectivity index (χ1v) is 9.27. The van der Waals surface area contributed by atoms with Gasteiger partial charge in [0.05, 0.1) is 0 Å². The molecule has 3 aliphatic heterocycles. The van der Waals surface area contributed by atoms with Crippen LogP contribution in [0.3, 0.4) is 0 Å².